The molecule has 8 heteroatoms. The van der Waals surface area contributed by atoms with Gasteiger partial charge >= 0.3 is 6.09 Å². The third-order valence-corrected chi connectivity index (χ3v) is 4.08. The molecule has 2 aromatic rings. The summed E-state index contributed by atoms with van der Waals surface area (Å²) in [7, 11) is 1.54. The number of aryl methyl sites for hydroxylation is 1. The van der Waals surface area contributed by atoms with Gasteiger partial charge in [-0.3, -0.25) is 0 Å². The molecule has 1 saturated heterocycles. The van der Waals surface area contributed by atoms with Gasteiger partial charge < -0.3 is 24.6 Å². The highest BCUT2D eigenvalue weighted by atomic mass is 16.5. The molecule has 1 aliphatic heterocycles. The fourth-order valence-corrected chi connectivity index (χ4v) is 2.83. The van der Waals surface area contributed by atoms with Crippen molar-refractivity contribution >= 4 is 17.0 Å². The molecule has 0 unspecified atom stereocenters. The number of aromatic nitrogens is 2. The Morgan fingerprint density at radius 1 is 1.25 bits per heavy atom. The summed E-state index contributed by atoms with van der Waals surface area (Å²) in [5.74, 6) is 1.37. The maximum Gasteiger partial charge on any atom is 0.407 e. The number of carboxylic acid groups (broad SMARTS) is 1. The van der Waals surface area contributed by atoms with E-state index in [2.05, 4.69) is 9.97 Å². The number of rotatable bonds is 3. The average Bonchev–Trinajstić information content (AvgIpc) is 2.55. The first-order valence-corrected chi connectivity index (χ1v) is 7.68. The molecule has 0 saturated carbocycles. The topological polar surface area (TPSA) is 105 Å². The van der Waals surface area contributed by atoms with Crippen molar-refractivity contribution in [2.24, 2.45) is 0 Å². The second-order valence-corrected chi connectivity index (χ2v) is 5.70. The van der Waals surface area contributed by atoms with Crippen LogP contribution in [0.2, 0.25) is 0 Å². The van der Waals surface area contributed by atoms with E-state index < -0.39 is 6.09 Å². The van der Waals surface area contributed by atoms with Crippen molar-refractivity contribution in [2.75, 3.05) is 20.2 Å². The zero-order chi connectivity index (χ0) is 17.3. The fourth-order valence-electron chi connectivity index (χ4n) is 2.83. The van der Waals surface area contributed by atoms with Crippen molar-refractivity contribution in [2.45, 2.75) is 25.9 Å². The highest BCUT2D eigenvalue weighted by molar-refractivity contribution is 5.86. The van der Waals surface area contributed by atoms with Crippen LogP contribution in [0.3, 0.4) is 0 Å². The predicted octanol–water partition coefficient (Wildman–Crippen LogP) is 2.17. The lowest BCUT2D eigenvalue weighted by atomic mass is 10.1. The number of fused-ring (bicyclic) bond motifs is 1. The number of hydrogen-bond acceptors (Lipinski definition) is 6. The molecule has 0 atom stereocenters. The van der Waals surface area contributed by atoms with Crippen LogP contribution in [-0.2, 0) is 0 Å². The maximum absolute atomic E-state index is 11.0. The van der Waals surface area contributed by atoms with Crippen LogP contribution < -0.4 is 9.47 Å². The van der Waals surface area contributed by atoms with E-state index in [0.29, 0.717) is 54.2 Å². The Morgan fingerprint density at radius 2 is 1.96 bits per heavy atom. The van der Waals surface area contributed by atoms with Crippen LogP contribution in [0.15, 0.2) is 12.1 Å². The Morgan fingerprint density at radius 3 is 2.58 bits per heavy atom. The monoisotopic (exact) mass is 333 g/mol. The fraction of sp³-hybridized carbons (Fsp3) is 0.438. The largest absolute Gasteiger partial charge is 0.493 e. The first-order valence-electron chi connectivity index (χ1n) is 7.68. The first-order chi connectivity index (χ1) is 11.5. The third-order valence-electron chi connectivity index (χ3n) is 4.08. The number of benzene rings is 1. The number of ether oxygens (including phenoxy) is 2. The average molecular weight is 333 g/mol. The summed E-state index contributed by atoms with van der Waals surface area (Å²) in [6.45, 7) is 2.57. The smallest absolute Gasteiger partial charge is 0.407 e. The molecule has 24 heavy (non-hydrogen) atoms. The van der Waals surface area contributed by atoms with Gasteiger partial charge in [0.25, 0.3) is 0 Å². The van der Waals surface area contributed by atoms with Crippen molar-refractivity contribution < 1.29 is 24.5 Å². The molecule has 0 aliphatic carbocycles. The quantitative estimate of drug-likeness (QED) is 0.887. The second kappa shape index (κ2) is 6.38. The highest BCUT2D eigenvalue weighted by Gasteiger charge is 2.24. The van der Waals surface area contributed by atoms with E-state index in [-0.39, 0.29) is 12.0 Å². The van der Waals surface area contributed by atoms with Crippen LogP contribution in [0.5, 0.6) is 17.4 Å². The molecule has 0 bridgehead atoms. The predicted molar refractivity (Wildman–Crippen MR) is 85.7 cm³/mol. The Kier molecular flexibility index (Phi) is 4.28. The summed E-state index contributed by atoms with van der Waals surface area (Å²) in [5.41, 5.74) is 0.574. The van der Waals surface area contributed by atoms with Gasteiger partial charge in [0.2, 0.25) is 5.88 Å². The van der Waals surface area contributed by atoms with Crippen LogP contribution in [0, 0.1) is 6.92 Å². The molecule has 0 spiro atoms. The molecular formula is C16H19N3O5. The number of hydrogen-bond donors (Lipinski definition) is 2. The summed E-state index contributed by atoms with van der Waals surface area (Å²) in [6, 6.07) is 3.36. The Bertz CT molecular complexity index is 772. The molecule has 1 aliphatic rings. The lowest BCUT2D eigenvalue weighted by Gasteiger charge is -2.30. The van der Waals surface area contributed by atoms with Crippen LogP contribution in [0.4, 0.5) is 4.79 Å². The summed E-state index contributed by atoms with van der Waals surface area (Å²) in [6.07, 6.45) is 0.183. The van der Waals surface area contributed by atoms with Gasteiger partial charge in [-0.15, -0.1) is 0 Å². The van der Waals surface area contributed by atoms with E-state index in [1.54, 1.807) is 19.1 Å². The summed E-state index contributed by atoms with van der Waals surface area (Å²) >= 11 is 0. The van der Waals surface area contributed by atoms with Crippen LogP contribution in [-0.4, -0.2) is 57.5 Å². The van der Waals surface area contributed by atoms with Gasteiger partial charge in [0.1, 0.15) is 11.9 Å². The van der Waals surface area contributed by atoms with E-state index in [1.807, 2.05) is 0 Å². The minimum absolute atomic E-state index is 0.106. The van der Waals surface area contributed by atoms with Gasteiger partial charge in [0.15, 0.2) is 11.5 Å². The molecule has 2 heterocycles. The van der Waals surface area contributed by atoms with Gasteiger partial charge in [0.05, 0.1) is 18.0 Å². The van der Waals surface area contributed by atoms with Gasteiger partial charge in [-0.25, -0.2) is 9.78 Å². The van der Waals surface area contributed by atoms with Crippen molar-refractivity contribution in [3.8, 4) is 17.4 Å². The lowest BCUT2D eigenvalue weighted by molar-refractivity contribution is 0.0879. The molecule has 1 amide bonds. The zero-order valence-corrected chi connectivity index (χ0v) is 13.5. The molecule has 3 rings (SSSR count). The van der Waals surface area contributed by atoms with Crippen LogP contribution >= 0.6 is 0 Å². The zero-order valence-electron chi connectivity index (χ0n) is 13.5. The van der Waals surface area contributed by atoms with E-state index >= 15 is 0 Å². The Hall–Kier alpha value is -2.77. The van der Waals surface area contributed by atoms with Crippen molar-refractivity contribution in [3.63, 3.8) is 0 Å². The van der Waals surface area contributed by atoms with Crippen molar-refractivity contribution in [1.29, 1.82) is 0 Å². The van der Waals surface area contributed by atoms with E-state index in [4.69, 9.17) is 14.6 Å². The molecule has 0 radical (unpaired) electrons. The molecule has 1 fully saturated rings. The number of likely N-dealkylation sites (tertiary alicyclic amines) is 1. The van der Waals surface area contributed by atoms with Crippen LogP contribution in [0.25, 0.3) is 10.9 Å². The number of piperidine rings is 1. The molecular weight excluding hydrogens is 314 g/mol. The minimum Gasteiger partial charge on any atom is -0.493 e. The Labute approximate surface area is 138 Å². The van der Waals surface area contributed by atoms with Crippen LogP contribution in [0.1, 0.15) is 18.7 Å². The highest BCUT2D eigenvalue weighted by Crippen LogP contribution is 2.36. The summed E-state index contributed by atoms with van der Waals surface area (Å²) in [4.78, 5) is 20.6. The van der Waals surface area contributed by atoms with E-state index in [0.717, 1.165) is 0 Å². The van der Waals surface area contributed by atoms with Crippen molar-refractivity contribution in [1.82, 2.24) is 14.9 Å². The number of nitrogens with zero attached hydrogens (tertiary/aromatic N) is 3. The molecule has 1 aromatic carbocycles. The standard InChI is InChI=1S/C16H19N3O5/c1-9-17-12-8-13(23-2)14(7-11(12)15(20)18-9)24-10-3-5-19(6-4-10)16(21)22/h7-8,10H,3-6H2,1-2H3,(H,21,22)(H,17,18,20). The third kappa shape index (κ3) is 3.12. The van der Waals surface area contributed by atoms with Gasteiger partial charge in [-0.05, 0) is 13.0 Å². The lowest BCUT2D eigenvalue weighted by Crippen LogP contribution is -2.41. The van der Waals surface area contributed by atoms with Gasteiger partial charge in [0, 0.05) is 32.0 Å². The molecule has 8 nitrogen and oxygen atoms in total. The SMILES string of the molecule is COc1cc2nc(C)nc(O)c2cc1OC1CCN(C(=O)O)CC1. The first kappa shape index (κ1) is 16.1. The van der Waals surface area contributed by atoms with E-state index in [9.17, 15) is 9.90 Å². The minimum atomic E-state index is -0.908. The number of aromatic hydroxyl groups is 1. The van der Waals surface area contributed by atoms with Crippen molar-refractivity contribution in [3.05, 3.63) is 18.0 Å². The van der Waals surface area contributed by atoms with Gasteiger partial charge in [-0.1, -0.05) is 0 Å². The molecule has 2 N–H and O–H groups in total. The second-order valence-electron chi connectivity index (χ2n) is 5.70. The Balaban J connectivity index is 1.85. The molecule has 1 aromatic heterocycles. The molecule has 128 valence electrons. The summed E-state index contributed by atoms with van der Waals surface area (Å²) < 4.78 is 11.3. The normalized spacial score (nSPS) is 15.5. The van der Waals surface area contributed by atoms with E-state index in [1.165, 1.54) is 12.0 Å². The number of carbonyl (C=O) groups is 1. The van der Waals surface area contributed by atoms with Gasteiger partial charge in [-0.2, -0.15) is 4.98 Å². The summed E-state index contributed by atoms with van der Waals surface area (Å²) in [5, 5.41) is 19.5. The maximum atomic E-state index is 11.0. The number of amides is 1. The number of methoxy groups -OCH3 is 1.